The highest BCUT2D eigenvalue weighted by Gasteiger charge is 2.35. The Morgan fingerprint density at radius 1 is 0.524 bits per heavy atom. The highest BCUT2D eigenvalue weighted by Crippen LogP contribution is 2.36. The Morgan fingerprint density at radius 3 is 1.05 bits per heavy atom. The van der Waals surface area contributed by atoms with E-state index in [1.54, 1.807) is 0 Å². The minimum Gasteiger partial charge on any atom is -0.214 e. The fourth-order valence-corrected chi connectivity index (χ4v) is 3.06. The van der Waals surface area contributed by atoms with E-state index in [1.807, 2.05) is 54.6 Å². The SMILES string of the molecule is ClNC(c1ccccc1)(c1ccccc1)c1ccccc1. The molecule has 21 heavy (non-hydrogen) atoms. The van der Waals surface area contributed by atoms with Crippen LogP contribution < -0.4 is 4.84 Å². The highest BCUT2D eigenvalue weighted by molar-refractivity contribution is 6.14. The van der Waals surface area contributed by atoms with Gasteiger partial charge in [0, 0.05) is 0 Å². The molecule has 0 saturated carbocycles. The van der Waals surface area contributed by atoms with Gasteiger partial charge in [-0.05, 0) is 28.5 Å². The number of halogens is 1. The molecule has 0 amide bonds. The van der Waals surface area contributed by atoms with Crippen molar-refractivity contribution in [2.75, 3.05) is 0 Å². The standard InChI is InChI=1S/C19H16ClN/c20-21-19(16-10-4-1-5-11-16,17-12-6-2-7-13-17)18-14-8-3-9-15-18/h1-15,21H. The zero-order valence-electron chi connectivity index (χ0n) is 11.5. The molecule has 0 atom stereocenters. The van der Waals surface area contributed by atoms with Crippen molar-refractivity contribution < 1.29 is 0 Å². The summed E-state index contributed by atoms with van der Waals surface area (Å²) in [5.74, 6) is 0. The monoisotopic (exact) mass is 293 g/mol. The maximum atomic E-state index is 6.28. The Balaban J connectivity index is 2.29. The molecule has 0 heterocycles. The first-order valence-electron chi connectivity index (χ1n) is 6.92. The number of rotatable bonds is 4. The molecule has 0 fully saturated rings. The number of hydrogen-bond acceptors (Lipinski definition) is 1. The predicted octanol–water partition coefficient (Wildman–Crippen LogP) is 4.72. The molecule has 0 unspecified atom stereocenters. The molecule has 3 aromatic carbocycles. The molecule has 0 saturated heterocycles. The first-order chi connectivity index (χ1) is 10.4. The maximum absolute atomic E-state index is 6.28. The normalized spacial score (nSPS) is 11.3. The van der Waals surface area contributed by atoms with E-state index in [9.17, 15) is 0 Å². The Labute approximate surface area is 130 Å². The van der Waals surface area contributed by atoms with Crippen LogP contribution in [0.3, 0.4) is 0 Å². The fraction of sp³-hybridized carbons (Fsp3) is 0.0526. The lowest BCUT2D eigenvalue weighted by Gasteiger charge is -2.34. The lowest BCUT2D eigenvalue weighted by molar-refractivity contribution is 0.594. The van der Waals surface area contributed by atoms with E-state index in [-0.39, 0.29) is 0 Å². The second-order valence-electron chi connectivity index (χ2n) is 4.94. The summed E-state index contributed by atoms with van der Waals surface area (Å²) in [5, 5.41) is 0. The predicted molar refractivity (Wildman–Crippen MR) is 88.2 cm³/mol. The highest BCUT2D eigenvalue weighted by atomic mass is 35.5. The molecule has 0 aliphatic carbocycles. The van der Waals surface area contributed by atoms with Crippen LogP contribution >= 0.6 is 11.8 Å². The van der Waals surface area contributed by atoms with Crippen molar-refractivity contribution in [3.05, 3.63) is 108 Å². The number of benzene rings is 3. The maximum Gasteiger partial charge on any atom is 0.108 e. The molecule has 104 valence electrons. The Bertz CT molecular complexity index is 584. The molecular weight excluding hydrogens is 278 g/mol. The van der Waals surface area contributed by atoms with Crippen LogP contribution in [0.5, 0.6) is 0 Å². The van der Waals surface area contributed by atoms with Crippen molar-refractivity contribution in [1.82, 2.24) is 4.84 Å². The minimum atomic E-state index is -0.564. The van der Waals surface area contributed by atoms with Gasteiger partial charge in [0.1, 0.15) is 5.54 Å². The molecule has 0 bridgehead atoms. The van der Waals surface area contributed by atoms with Gasteiger partial charge in [0.2, 0.25) is 0 Å². The van der Waals surface area contributed by atoms with E-state index in [0.717, 1.165) is 16.7 Å². The summed E-state index contributed by atoms with van der Waals surface area (Å²) in [6, 6.07) is 30.8. The summed E-state index contributed by atoms with van der Waals surface area (Å²) >= 11 is 6.28. The first-order valence-corrected chi connectivity index (χ1v) is 7.30. The molecule has 0 aliphatic rings. The Hall–Kier alpha value is -2.09. The third-order valence-electron chi connectivity index (χ3n) is 3.76. The third kappa shape index (κ3) is 2.46. The summed E-state index contributed by atoms with van der Waals surface area (Å²) in [5.41, 5.74) is 2.76. The number of nitrogens with one attached hydrogen (secondary N) is 1. The molecule has 0 aliphatic heterocycles. The van der Waals surface area contributed by atoms with Crippen LogP contribution in [0.1, 0.15) is 16.7 Å². The van der Waals surface area contributed by atoms with Gasteiger partial charge in [0.25, 0.3) is 0 Å². The van der Waals surface area contributed by atoms with E-state index >= 15 is 0 Å². The Morgan fingerprint density at radius 2 is 0.810 bits per heavy atom. The van der Waals surface area contributed by atoms with Crippen LogP contribution in [0.15, 0.2) is 91.0 Å². The largest absolute Gasteiger partial charge is 0.214 e. The van der Waals surface area contributed by atoms with Gasteiger partial charge >= 0.3 is 0 Å². The lowest BCUT2D eigenvalue weighted by atomic mass is 9.78. The van der Waals surface area contributed by atoms with Crippen LogP contribution in [0.2, 0.25) is 0 Å². The van der Waals surface area contributed by atoms with Gasteiger partial charge in [-0.25, -0.2) is 4.84 Å². The molecule has 0 spiro atoms. The van der Waals surface area contributed by atoms with Crippen LogP contribution in [0.25, 0.3) is 0 Å². The van der Waals surface area contributed by atoms with Gasteiger partial charge in [-0.2, -0.15) is 0 Å². The second-order valence-corrected chi connectivity index (χ2v) is 5.13. The molecule has 3 rings (SSSR count). The van der Waals surface area contributed by atoms with E-state index in [1.165, 1.54) is 0 Å². The van der Waals surface area contributed by atoms with Gasteiger partial charge < -0.3 is 0 Å². The van der Waals surface area contributed by atoms with Crippen molar-refractivity contribution in [3.8, 4) is 0 Å². The van der Waals surface area contributed by atoms with Crippen LogP contribution in [-0.4, -0.2) is 0 Å². The van der Waals surface area contributed by atoms with E-state index in [4.69, 9.17) is 11.8 Å². The molecule has 3 aromatic rings. The second kappa shape index (κ2) is 6.13. The molecule has 0 radical (unpaired) electrons. The Kier molecular flexibility index (Phi) is 4.05. The van der Waals surface area contributed by atoms with Crippen molar-refractivity contribution in [3.63, 3.8) is 0 Å². The van der Waals surface area contributed by atoms with E-state index < -0.39 is 5.54 Å². The van der Waals surface area contributed by atoms with Crippen molar-refractivity contribution in [2.24, 2.45) is 0 Å². The molecule has 2 heteroatoms. The van der Waals surface area contributed by atoms with Crippen molar-refractivity contribution in [2.45, 2.75) is 5.54 Å². The first kappa shape index (κ1) is 13.9. The van der Waals surface area contributed by atoms with Gasteiger partial charge in [0.05, 0.1) is 0 Å². The van der Waals surface area contributed by atoms with Crippen LogP contribution in [0, 0.1) is 0 Å². The van der Waals surface area contributed by atoms with Gasteiger partial charge in [-0.3, -0.25) is 0 Å². The molecular formula is C19H16ClN. The third-order valence-corrected chi connectivity index (χ3v) is 4.05. The summed E-state index contributed by atoms with van der Waals surface area (Å²) < 4.78 is 0. The quantitative estimate of drug-likeness (QED) is 0.542. The van der Waals surface area contributed by atoms with Crippen LogP contribution in [0.4, 0.5) is 0 Å². The van der Waals surface area contributed by atoms with Gasteiger partial charge in [0.15, 0.2) is 0 Å². The smallest absolute Gasteiger partial charge is 0.108 e. The molecule has 1 nitrogen and oxygen atoms in total. The van der Waals surface area contributed by atoms with Crippen molar-refractivity contribution in [1.29, 1.82) is 0 Å². The number of hydrogen-bond donors (Lipinski definition) is 1. The average Bonchev–Trinajstić information content (AvgIpc) is 2.59. The zero-order valence-corrected chi connectivity index (χ0v) is 12.3. The van der Waals surface area contributed by atoms with E-state index in [0.29, 0.717) is 0 Å². The zero-order chi connectivity index (χ0) is 14.5. The fourth-order valence-electron chi connectivity index (χ4n) is 2.73. The summed E-state index contributed by atoms with van der Waals surface area (Å²) in [6.45, 7) is 0. The summed E-state index contributed by atoms with van der Waals surface area (Å²) in [6.07, 6.45) is 0. The van der Waals surface area contributed by atoms with Crippen LogP contribution in [-0.2, 0) is 5.54 Å². The lowest BCUT2D eigenvalue weighted by Crippen LogP contribution is -2.39. The van der Waals surface area contributed by atoms with Gasteiger partial charge in [-0.15, -0.1) is 0 Å². The molecule has 1 N–H and O–H groups in total. The topological polar surface area (TPSA) is 12.0 Å². The van der Waals surface area contributed by atoms with Crippen molar-refractivity contribution >= 4 is 11.8 Å². The summed E-state index contributed by atoms with van der Waals surface area (Å²) in [7, 11) is 0. The van der Waals surface area contributed by atoms with Gasteiger partial charge in [-0.1, -0.05) is 91.0 Å². The molecule has 0 aromatic heterocycles. The summed E-state index contributed by atoms with van der Waals surface area (Å²) in [4.78, 5) is 3.04. The average molecular weight is 294 g/mol. The minimum absolute atomic E-state index is 0.564. The van der Waals surface area contributed by atoms with E-state index in [2.05, 4.69) is 41.2 Å².